The standard InChI is InChI=1S/C19H23NO2S/c1-3-23(21,22)18-10-8-15(9-11-18)14(2)20-13-17-12-16-6-4-5-7-19(16)17/h4-11,14,17,20H,3,12-13H2,1-2H3/t14-,17+/m1/s1. The van der Waals surface area contributed by atoms with E-state index in [1.54, 1.807) is 19.1 Å². The average Bonchev–Trinajstić information content (AvgIpc) is 2.55. The second kappa shape index (κ2) is 6.46. The molecule has 0 spiro atoms. The Labute approximate surface area is 138 Å². The molecule has 3 rings (SSSR count). The van der Waals surface area contributed by atoms with Crippen molar-refractivity contribution in [3.63, 3.8) is 0 Å². The first-order valence-electron chi connectivity index (χ1n) is 8.15. The molecule has 2 aromatic rings. The van der Waals surface area contributed by atoms with Crippen molar-refractivity contribution in [1.29, 1.82) is 0 Å². The molecule has 23 heavy (non-hydrogen) atoms. The highest BCUT2D eigenvalue weighted by Crippen LogP contribution is 2.34. The predicted molar refractivity (Wildman–Crippen MR) is 93.5 cm³/mol. The van der Waals surface area contributed by atoms with Crippen LogP contribution in [0.2, 0.25) is 0 Å². The van der Waals surface area contributed by atoms with Gasteiger partial charge in [-0.25, -0.2) is 8.42 Å². The summed E-state index contributed by atoms with van der Waals surface area (Å²) in [5.41, 5.74) is 4.03. The van der Waals surface area contributed by atoms with Crippen molar-refractivity contribution in [3.8, 4) is 0 Å². The maximum absolute atomic E-state index is 11.8. The monoisotopic (exact) mass is 329 g/mol. The van der Waals surface area contributed by atoms with Gasteiger partial charge in [0.2, 0.25) is 0 Å². The van der Waals surface area contributed by atoms with Crippen molar-refractivity contribution < 1.29 is 8.42 Å². The Morgan fingerprint density at radius 3 is 2.48 bits per heavy atom. The summed E-state index contributed by atoms with van der Waals surface area (Å²) in [6.07, 6.45) is 1.14. The lowest BCUT2D eigenvalue weighted by atomic mass is 9.77. The van der Waals surface area contributed by atoms with E-state index >= 15 is 0 Å². The van der Waals surface area contributed by atoms with Gasteiger partial charge >= 0.3 is 0 Å². The van der Waals surface area contributed by atoms with Crippen LogP contribution in [0.3, 0.4) is 0 Å². The number of hydrogen-bond donors (Lipinski definition) is 1. The SMILES string of the molecule is CCS(=O)(=O)c1ccc([C@@H](C)NC[C@@H]2Cc3ccccc32)cc1. The van der Waals surface area contributed by atoms with Gasteiger partial charge in [-0.3, -0.25) is 0 Å². The molecule has 0 heterocycles. The van der Waals surface area contributed by atoms with E-state index in [1.165, 1.54) is 11.1 Å². The van der Waals surface area contributed by atoms with E-state index in [0.29, 0.717) is 10.8 Å². The van der Waals surface area contributed by atoms with Crippen LogP contribution in [-0.2, 0) is 16.3 Å². The Bertz CT molecular complexity index is 781. The smallest absolute Gasteiger partial charge is 0.178 e. The first kappa shape index (κ1) is 16.2. The summed E-state index contributed by atoms with van der Waals surface area (Å²) >= 11 is 0. The highest BCUT2D eigenvalue weighted by Gasteiger charge is 2.25. The fourth-order valence-electron chi connectivity index (χ4n) is 3.11. The van der Waals surface area contributed by atoms with Crippen molar-refractivity contribution in [1.82, 2.24) is 5.32 Å². The highest BCUT2D eigenvalue weighted by atomic mass is 32.2. The van der Waals surface area contributed by atoms with Gasteiger partial charge < -0.3 is 5.32 Å². The van der Waals surface area contributed by atoms with E-state index in [-0.39, 0.29) is 11.8 Å². The van der Waals surface area contributed by atoms with E-state index in [0.717, 1.165) is 18.5 Å². The van der Waals surface area contributed by atoms with Crippen LogP contribution in [0.15, 0.2) is 53.4 Å². The van der Waals surface area contributed by atoms with Crippen molar-refractivity contribution in [2.45, 2.75) is 37.1 Å². The third kappa shape index (κ3) is 3.33. The van der Waals surface area contributed by atoms with E-state index < -0.39 is 9.84 Å². The first-order chi connectivity index (χ1) is 11.0. The molecule has 0 saturated carbocycles. The summed E-state index contributed by atoms with van der Waals surface area (Å²) < 4.78 is 23.7. The fourth-order valence-corrected chi connectivity index (χ4v) is 4.00. The number of fused-ring (bicyclic) bond motifs is 1. The van der Waals surface area contributed by atoms with E-state index in [1.807, 2.05) is 12.1 Å². The van der Waals surface area contributed by atoms with E-state index in [4.69, 9.17) is 0 Å². The van der Waals surface area contributed by atoms with Crippen molar-refractivity contribution in [2.75, 3.05) is 12.3 Å². The Balaban J connectivity index is 1.60. The molecule has 0 bridgehead atoms. The Morgan fingerprint density at radius 1 is 1.13 bits per heavy atom. The number of rotatable bonds is 6. The molecular weight excluding hydrogens is 306 g/mol. The normalized spacial score (nSPS) is 18.1. The van der Waals surface area contributed by atoms with Gasteiger partial charge in [0.1, 0.15) is 0 Å². The van der Waals surface area contributed by atoms with Gasteiger partial charge in [0, 0.05) is 18.5 Å². The summed E-state index contributed by atoms with van der Waals surface area (Å²) in [4.78, 5) is 0.406. The van der Waals surface area contributed by atoms with E-state index in [9.17, 15) is 8.42 Å². The molecule has 0 radical (unpaired) electrons. The minimum Gasteiger partial charge on any atom is -0.310 e. The molecule has 1 aliphatic rings. The molecule has 2 atom stereocenters. The van der Waals surface area contributed by atoms with Gasteiger partial charge in [0.25, 0.3) is 0 Å². The second-order valence-electron chi connectivity index (χ2n) is 6.20. The average molecular weight is 329 g/mol. The summed E-state index contributed by atoms with van der Waals surface area (Å²) in [7, 11) is -3.12. The molecule has 0 saturated heterocycles. The molecule has 2 aromatic carbocycles. The largest absolute Gasteiger partial charge is 0.310 e. The maximum atomic E-state index is 11.8. The lowest BCUT2D eigenvalue weighted by molar-refractivity contribution is 0.489. The lowest BCUT2D eigenvalue weighted by Crippen LogP contribution is -2.30. The fraction of sp³-hybridized carbons (Fsp3) is 0.368. The first-order valence-corrected chi connectivity index (χ1v) is 9.80. The van der Waals surface area contributed by atoms with Crippen molar-refractivity contribution in [2.24, 2.45) is 0 Å². The van der Waals surface area contributed by atoms with Crippen LogP contribution in [0.5, 0.6) is 0 Å². The molecular formula is C19H23NO2S. The van der Waals surface area contributed by atoms with Crippen molar-refractivity contribution in [3.05, 3.63) is 65.2 Å². The molecule has 0 aromatic heterocycles. The van der Waals surface area contributed by atoms with Gasteiger partial charge in [-0.2, -0.15) is 0 Å². The quantitative estimate of drug-likeness (QED) is 0.883. The van der Waals surface area contributed by atoms with Crippen LogP contribution >= 0.6 is 0 Å². The van der Waals surface area contributed by atoms with Gasteiger partial charge in [-0.1, -0.05) is 43.3 Å². The highest BCUT2D eigenvalue weighted by molar-refractivity contribution is 7.91. The zero-order valence-corrected chi connectivity index (χ0v) is 14.4. The molecule has 1 aliphatic carbocycles. The molecule has 3 nitrogen and oxygen atoms in total. The Hall–Kier alpha value is -1.65. The van der Waals surface area contributed by atoms with Crippen LogP contribution in [0.1, 0.15) is 42.5 Å². The van der Waals surface area contributed by atoms with Gasteiger partial charge in [-0.05, 0) is 42.2 Å². The lowest BCUT2D eigenvalue weighted by Gasteiger charge is -2.31. The Morgan fingerprint density at radius 2 is 1.83 bits per heavy atom. The van der Waals surface area contributed by atoms with Crippen molar-refractivity contribution >= 4 is 9.84 Å². The van der Waals surface area contributed by atoms with Crippen LogP contribution in [0.4, 0.5) is 0 Å². The maximum Gasteiger partial charge on any atom is 0.178 e. The minimum atomic E-state index is -3.12. The number of nitrogens with one attached hydrogen (secondary N) is 1. The van der Waals surface area contributed by atoms with Crippen LogP contribution < -0.4 is 5.32 Å². The summed E-state index contributed by atoms with van der Waals surface area (Å²) in [6, 6.07) is 16.1. The van der Waals surface area contributed by atoms with Crippen LogP contribution in [-0.4, -0.2) is 20.7 Å². The molecule has 4 heteroatoms. The summed E-state index contributed by atoms with van der Waals surface area (Å²) in [5, 5.41) is 3.56. The molecule has 0 aliphatic heterocycles. The van der Waals surface area contributed by atoms with Crippen LogP contribution in [0.25, 0.3) is 0 Å². The summed E-state index contributed by atoms with van der Waals surface area (Å²) in [5.74, 6) is 0.731. The molecule has 122 valence electrons. The zero-order valence-electron chi connectivity index (χ0n) is 13.6. The molecule has 0 amide bonds. The van der Waals surface area contributed by atoms with E-state index in [2.05, 4.69) is 36.5 Å². The number of sulfone groups is 1. The molecule has 0 unspecified atom stereocenters. The minimum absolute atomic E-state index is 0.140. The number of benzene rings is 2. The Kier molecular flexibility index (Phi) is 4.55. The summed E-state index contributed by atoms with van der Waals surface area (Å²) in [6.45, 7) is 4.74. The molecule has 0 fully saturated rings. The van der Waals surface area contributed by atoms with Gasteiger partial charge in [-0.15, -0.1) is 0 Å². The third-order valence-electron chi connectivity index (χ3n) is 4.75. The topological polar surface area (TPSA) is 46.2 Å². The van der Waals surface area contributed by atoms with Gasteiger partial charge in [0.15, 0.2) is 9.84 Å². The second-order valence-corrected chi connectivity index (χ2v) is 8.48. The third-order valence-corrected chi connectivity index (χ3v) is 6.50. The van der Waals surface area contributed by atoms with Gasteiger partial charge in [0.05, 0.1) is 10.6 Å². The zero-order chi connectivity index (χ0) is 16.4. The number of hydrogen-bond acceptors (Lipinski definition) is 3. The molecule has 1 N–H and O–H groups in total. The predicted octanol–water partition coefficient (Wildman–Crippen LogP) is 3.47. The van der Waals surface area contributed by atoms with Crippen LogP contribution in [0, 0.1) is 0 Å².